The number of piperazine rings is 1. The average molecular weight is 325 g/mol. The van der Waals surface area contributed by atoms with E-state index in [1.54, 1.807) is 0 Å². The highest BCUT2D eigenvalue weighted by Gasteiger charge is 2.20. The van der Waals surface area contributed by atoms with Gasteiger partial charge >= 0.3 is 0 Å². The van der Waals surface area contributed by atoms with Crippen molar-refractivity contribution in [2.24, 2.45) is 0 Å². The Bertz CT molecular complexity index is 428. The molecule has 0 N–H and O–H groups in total. The van der Waals surface area contributed by atoms with Gasteiger partial charge in [-0.05, 0) is 18.1 Å². The minimum atomic E-state index is 0.308. The first-order valence-corrected chi connectivity index (χ1v) is 7.73. The summed E-state index contributed by atoms with van der Waals surface area (Å²) in [4.78, 5) is 16.2. The summed E-state index contributed by atoms with van der Waals surface area (Å²) in [5.41, 5.74) is 1.32. The summed E-state index contributed by atoms with van der Waals surface area (Å²) >= 11 is 3.59. The lowest BCUT2D eigenvalue weighted by molar-refractivity contribution is -0.133. The summed E-state index contributed by atoms with van der Waals surface area (Å²) in [5, 5.41) is 0. The molecule has 1 aromatic carbocycles. The zero-order valence-electron chi connectivity index (χ0n) is 11.4. The Balaban J connectivity index is 1.84. The van der Waals surface area contributed by atoms with Crippen LogP contribution in [0.1, 0.15) is 25.3 Å². The van der Waals surface area contributed by atoms with Gasteiger partial charge in [0.2, 0.25) is 5.91 Å². The molecule has 1 saturated heterocycles. The fourth-order valence-corrected chi connectivity index (χ4v) is 2.81. The van der Waals surface area contributed by atoms with Crippen molar-refractivity contribution >= 4 is 21.8 Å². The second-order valence-corrected chi connectivity index (χ2v) is 5.85. The van der Waals surface area contributed by atoms with E-state index in [2.05, 4.69) is 46.0 Å². The molecule has 104 valence electrons. The number of rotatable bonds is 4. The van der Waals surface area contributed by atoms with Crippen molar-refractivity contribution in [2.45, 2.75) is 26.3 Å². The highest BCUT2D eigenvalue weighted by Crippen LogP contribution is 2.18. The normalized spacial score (nSPS) is 16.6. The molecule has 2 rings (SSSR count). The Morgan fingerprint density at radius 3 is 2.53 bits per heavy atom. The molecule has 4 heteroatoms. The number of benzene rings is 1. The topological polar surface area (TPSA) is 23.6 Å². The van der Waals surface area contributed by atoms with Crippen LogP contribution in [-0.4, -0.2) is 41.9 Å². The Hall–Kier alpha value is -0.870. The van der Waals surface area contributed by atoms with Crippen molar-refractivity contribution in [1.29, 1.82) is 0 Å². The molecule has 0 aromatic heterocycles. The van der Waals surface area contributed by atoms with E-state index in [-0.39, 0.29) is 0 Å². The lowest BCUT2D eigenvalue weighted by Gasteiger charge is -2.35. The van der Waals surface area contributed by atoms with Crippen LogP contribution in [0.5, 0.6) is 0 Å². The van der Waals surface area contributed by atoms with E-state index < -0.39 is 0 Å². The van der Waals surface area contributed by atoms with Gasteiger partial charge in [-0.25, -0.2) is 0 Å². The number of amides is 1. The summed E-state index contributed by atoms with van der Waals surface area (Å²) in [6.45, 7) is 6.68. The molecule has 19 heavy (non-hydrogen) atoms. The smallest absolute Gasteiger partial charge is 0.222 e. The Morgan fingerprint density at radius 1 is 1.21 bits per heavy atom. The average Bonchev–Trinajstić information content (AvgIpc) is 2.42. The summed E-state index contributed by atoms with van der Waals surface area (Å²) in [6.07, 6.45) is 1.63. The van der Waals surface area contributed by atoms with Gasteiger partial charge in [0.25, 0.3) is 0 Å². The molecule has 0 bridgehead atoms. The van der Waals surface area contributed by atoms with Crippen molar-refractivity contribution < 1.29 is 4.79 Å². The Morgan fingerprint density at radius 2 is 1.89 bits per heavy atom. The fraction of sp³-hybridized carbons (Fsp3) is 0.533. The van der Waals surface area contributed by atoms with E-state index >= 15 is 0 Å². The maximum Gasteiger partial charge on any atom is 0.222 e. The predicted molar refractivity (Wildman–Crippen MR) is 80.9 cm³/mol. The SMILES string of the molecule is CCCC(=O)N1CCN(Cc2ccccc2Br)CC1. The fourth-order valence-electron chi connectivity index (χ4n) is 2.39. The molecular weight excluding hydrogens is 304 g/mol. The molecule has 1 aliphatic heterocycles. The highest BCUT2D eigenvalue weighted by atomic mass is 79.9. The van der Waals surface area contributed by atoms with Crippen molar-refractivity contribution in [3.63, 3.8) is 0 Å². The van der Waals surface area contributed by atoms with Crippen molar-refractivity contribution in [1.82, 2.24) is 9.80 Å². The second kappa shape index (κ2) is 7.06. The zero-order valence-corrected chi connectivity index (χ0v) is 13.0. The molecule has 1 aliphatic rings. The molecule has 1 fully saturated rings. The van der Waals surface area contributed by atoms with Crippen LogP contribution in [0, 0.1) is 0 Å². The van der Waals surface area contributed by atoms with Crippen LogP contribution in [0.25, 0.3) is 0 Å². The van der Waals surface area contributed by atoms with Gasteiger partial charge < -0.3 is 4.90 Å². The van der Waals surface area contributed by atoms with Crippen LogP contribution in [0.2, 0.25) is 0 Å². The lowest BCUT2D eigenvalue weighted by atomic mass is 10.2. The molecule has 1 amide bonds. The van der Waals surface area contributed by atoms with E-state index in [0.29, 0.717) is 12.3 Å². The van der Waals surface area contributed by atoms with Gasteiger partial charge in [-0.3, -0.25) is 9.69 Å². The molecule has 0 atom stereocenters. The molecule has 1 aromatic rings. The van der Waals surface area contributed by atoms with Gasteiger partial charge in [-0.1, -0.05) is 41.1 Å². The maximum atomic E-state index is 11.8. The van der Waals surface area contributed by atoms with Crippen molar-refractivity contribution in [3.05, 3.63) is 34.3 Å². The molecule has 3 nitrogen and oxygen atoms in total. The molecular formula is C15H21BrN2O. The third-order valence-electron chi connectivity index (χ3n) is 3.54. The number of carbonyl (C=O) groups is 1. The van der Waals surface area contributed by atoms with E-state index in [4.69, 9.17) is 0 Å². The summed E-state index contributed by atoms with van der Waals surface area (Å²) < 4.78 is 1.17. The van der Waals surface area contributed by atoms with Crippen LogP contribution in [0.3, 0.4) is 0 Å². The third-order valence-corrected chi connectivity index (χ3v) is 4.31. The van der Waals surface area contributed by atoms with Crippen LogP contribution in [-0.2, 0) is 11.3 Å². The minimum Gasteiger partial charge on any atom is -0.340 e. The van der Waals surface area contributed by atoms with Gasteiger partial charge in [0.05, 0.1) is 0 Å². The molecule has 0 spiro atoms. The highest BCUT2D eigenvalue weighted by molar-refractivity contribution is 9.10. The van der Waals surface area contributed by atoms with E-state index in [1.807, 2.05) is 11.0 Å². The first-order chi connectivity index (χ1) is 9.20. The van der Waals surface area contributed by atoms with Crippen LogP contribution in [0.15, 0.2) is 28.7 Å². The maximum absolute atomic E-state index is 11.8. The van der Waals surface area contributed by atoms with Gasteiger partial charge in [-0.15, -0.1) is 0 Å². The molecule has 1 heterocycles. The lowest BCUT2D eigenvalue weighted by Crippen LogP contribution is -2.48. The first-order valence-electron chi connectivity index (χ1n) is 6.94. The van der Waals surface area contributed by atoms with E-state index in [9.17, 15) is 4.79 Å². The number of hydrogen-bond acceptors (Lipinski definition) is 2. The second-order valence-electron chi connectivity index (χ2n) is 5.00. The molecule has 0 radical (unpaired) electrons. The first kappa shape index (κ1) is 14.5. The van der Waals surface area contributed by atoms with E-state index in [1.165, 1.54) is 10.0 Å². The molecule has 0 saturated carbocycles. The minimum absolute atomic E-state index is 0.308. The standard InChI is InChI=1S/C15H21BrN2O/c1-2-5-15(19)18-10-8-17(9-11-18)12-13-6-3-4-7-14(13)16/h3-4,6-7H,2,5,8-12H2,1H3. The van der Waals surface area contributed by atoms with Gasteiger partial charge in [-0.2, -0.15) is 0 Å². The summed E-state index contributed by atoms with van der Waals surface area (Å²) in [6, 6.07) is 8.34. The Labute approximate surface area is 123 Å². The van der Waals surface area contributed by atoms with Crippen molar-refractivity contribution in [2.75, 3.05) is 26.2 Å². The molecule has 0 unspecified atom stereocenters. The number of halogens is 1. The number of carbonyl (C=O) groups excluding carboxylic acids is 1. The van der Waals surface area contributed by atoms with Crippen molar-refractivity contribution in [3.8, 4) is 0 Å². The number of nitrogens with zero attached hydrogens (tertiary/aromatic N) is 2. The van der Waals surface area contributed by atoms with Crippen LogP contribution < -0.4 is 0 Å². The van der Waals surface area contributed by atoms with Gasteiger partial charge in [0, 0.05) is 43.6 Å². The Kier molecular flexibility index (Phi) is 5.40. The quantitative estimate of drug-likeness (QED) is 0.850. The van der Waals surface area contributed by atoms with Crippen LogP contribution >= 0.6 is 15.9 Å². The summed E-state index contributed by atoms with van der Waals surface area (Å²) in [7, 11) is 0. The number of hydrogen-bond donors (Lipinski definition) is 0. The van der Waals surface area contributed by atoms with E-state index in [0.717, 1.165) is 39.1 Å². The summed E-state index contributed by atoms with van der Waals surface area (Å²) in [5.74, 6) is 0.308. The molecule has 0 aliphatic carbocycles. The van der Waals surface area contributed by atoms with Gasteiger partial charge in [0.1, 0.15) is 0 Å². The zero-order chi connectivity index (χ0) is 13.7. The van der Waals surface area contributed by atoms with Gasteiger partial charge in [0.15, 0.2) is 0 Å². The van der Waals surface area contributed by atoms with Crippen LogP contribution in [0.4, 0.5) is 0 Å². The monoisotopic (exact) mass is 324 g/mol. The largest absolute Gasteiger partial charge is 0.340 e. The third kappa shape index (κ3) is 4.05. The predicted octanol–water partition coefficient (Wildman–Crippen LogP) is 2.89.